The average molecular weight is 296 g/mol. The highest BCUT2D eigenvalue weighted by molar-refractivity contribution is 5.80. The van der Waals surface area contributed by atoms with Gasteiger partial charge in [0.2, 0.25) is 5.91 Å². The number of hydrogen-bond donors (Lipinski definition) is 1. The summed E-state index contributed by atoms with van der Waals surface area (Å²) in [5.74, 6) is -0.241. The maximum absolute atomic E-state index is 12.2. The van der Waals surface area contributed by atoms with Crippen LogP contribution in [0.2, 0.25) is 0 Å². The topological polar surface area (TPSA) is 92.9 Å². The monoisotopic (exact) mass is 296 g/mol. The van der Waals surface area contributed by atoms with E-state index < -0.39 is 4.92 Å². The van der Waals surface area contributed by atoms with Crippen LogP contribution in [0.25, 0.3) is 0 Å². The van der Waals surface area contributed by atoms with Gasteiger partial charge in [-0.3, -0.25) is 14.9 Å². The second-order valence-corrected chi connectivity index (χ2v) is 4.51. The van der Waals surface area contributed by atoms with Crippen LogP contribution >= 0.6 is 0 Å². The Kier molecular flexibility index (Phi) is 7.34. The summed E-state index contributed by atoms with van der Waals surface area (Å²) in [6.07, 6.45) is 0.600. The summed E-state index contributed by atoms with van der Waals surface area (Å²) in [6.45, 7) is 1.04. The summed E-state index contributed by atoms with van der Waals surface area (Å²) in [5.41, 5.74) is 0.314. The first-order valence-electron chi connectivity index (χ1n) is 6.70. The fraction of sp³-hybridized carbons (Fsp3) is 0.500. The second-order valence-electron chi connectivity index (χ2n) is 4.51. The molecule has 7 nitrogen and oxygen atoms in total. The lowest BCUT2D eigenvalue weighted by atomic mass is 10.1. The highest BCUT2D eigenvalue weighted by Crippen LogP contribution is 2.18. The molecule has 21 heavy (non-hydrogen) atoms. The molecule has 1 aromatic carbocycles. The SMILES string of the molecule is COCCCN(CCO)C(=O)Cc1ccccc1[N+](=O)[O-]. The Balaban J connectivity index is 2.74. The lowest BCUT2D eigenvalue weighted by Gasteiger charge is -2.21. The van der Waals surface area contributed by atoms with Gasteiger partial charge < -0.3 is 14.7 Å². The molecule has 1 N–H and O–H groups in total. The quantitative estimate of drug-likeness (QED) is 0.417. The van der Waals surface area contributed by atoms with E-state index in [2.05, 4.69) is 0 Å². The molecule has 0 bridgehead atoms. The van der Waals surface area contributed by atoms with Crippen LogP contribution in [0.1, 0.15) is 12.0 Å². The Morgan fingerprint density at radius 3 is 2.71 bits per heavy atom. The van der Waals surface area contributed by atoms with Crippen molar-refractivity contribution in [3.63, 3.8) is 0 Å². The van der Waals surface area contributed by atoms with Crippen molar-refractivity contribution in [2.24, 2.45) is 0 Å². The average Bonchev–Trinajstić information content (AvgIpc) is 2.46. The van der Waals surface area contributed by atoms with Gasteiger partial charge in [0.15, 0.2) is 0 Å². The molecule has 0 aromatic heterocycles. The molecule has 0 radical (unpaired) electrons. The standard InChI is InChI=1S/C14H20N2O5/c1-21-10-4-7-15(8-9-17)14(18)11-12-5-2-3-6-13(12)16(19)20/h2-3,5-6,17H,4,7-11H2,1H3. The maximum Gasteiger partial charge on any atom is 0.273 e. The van der Waals surface area contributed by atoms with Crippen LogP contribution < -0.4 is 0 Å². The number of nitro groups is 1. The van der Waals surface area contributed by atoms with Gasteiger partial charge in [-0.05, 0) is 6.42 Å². The zero-order chi connectivity index (χ0) is 15.7. The van der Waals surface area contributed by atoms with Gasteiger partial charge in [0.25, 0.3) is 5.69 Å². The highest BCUT2D eigenvalue weighted by atomic mass is 16.6. The number of carbonyl (C=O) groups excluding carboxylic acids is 1. The van der Waals surface area contributed by atoms with E-state index in [1.54, 1.807) is 25.3 Å². The highest BCUT2D eigenvalue weighted by Gasteiger charge is 2.19. The summed E-state index contributed by atoms with van der Waals surface area (Å²) in [6, 6.07) is 6.18. The van der Waals surface area contributed by atoms with Gasteiger partial charge >= 0.3 is 0 Å². The van der Waals surface area contributed by atoms with E-state index in [0.29, 0.717) is 25.1 Å². The van der Waals surface area contributed by atoms with Gasteiger partial charge in [-0.15, -0.1) is 0 Å². The first-order valence-corrected chi connectivity index (χ1v) is 6.70. The Morgan fingerprint density at radius 1 is 1.38 bits per heavy atom. The van der Waals surface area contributed by atoms with Crippen LogP contribution in [0, 0.1) is 10.1 Å². The lowest BCUT2D eigenvalue weighted by molar-refractivity contribution is -0.385. The second kappa shape index (κ2) is 9.04. The number of ether oxygens (including phenoxy) is 1. The van der Waals surface area contributed by atoms with Crippen LogP contribution in [-0.2, 0) is 16.0 Å². The minimum atomic E-state index is -0.496. The van der Waals surface area contributed by atoms with Gasteiger partial charge in [0, 0.05) is 38.4 Å². The largest absolute Gasteiger partial charge is 0.395 e. The van der Waals surface area contributed by atoms with E-state index in [1.807, 2.05) is 0 Å². The zero-order valence-corrected chi connectivity index (χ0v) is 12.0. The van der Waals surface area contributed by atoms with Crippen LogP contribution in [-0.4, -0.2) is 54.3 Å². The number of aliphatic hydroxyl groups excluding tert-OH is 1. The number of hydrogen-bond acceptors (Lipinski definition) is 5. The summed E-state index contributed by atoms with van der Waals surface area (Å²) < 4.78 is 4.93. The number of amides is 1. The Morgan fingerprint density at radius 2 is 2.10 bits per heavy atom. The van der Waals surface area contributed by atoms with Crippen LogP contribution in [0.5, 0.6) is 0 Å². The Hall–Kier alpha value is -1.99. The predicted molar refractivity (Wildman–Crippen MR) is 77.0 cm³/mol. The summed E-state index contributed by atoms with van der Waals surface area (Å²) in [5, 5.41) is 20.0. The van der Waals surface area contributed by atoms with Crippen LogP contribution in [0.15, 0.2) is 24.3 Å². The smallest absolute Gasteiger partial charge is 0.273 e. The molecule has 0 aliphatic heterocycles. The minimum Gasteiger partial charge on any atom is -0.395 e. The number of rotatable bonds is 9. The molecule has 0 atom stereocenters. The van der Waals surface area contributed by atoms with E-state index in [9.17, 15) is 14.9 Å². The molecule has 0 aliphatic rings. The van der Waals surface area contributed by atoms with Gasteiger partial charge in [-0.25, -0.2) is 0 Å². The summed E-state index contributed by atoms with van der Waals surface area (Å²) in [7, 11) is 1.57. The molecular formula is C14H20N2O5. The number of para-hydroxylation sites is 1. The van der Waals surface area contributed by atoms with Crippen LogP contribution in [0.4, 0.5) is 5.69 Å². The predicted octanol–water partition coefficient (Wildman–Crippen LogP) is 0.995. The van der Waals surface area contributed by atoms with Crippen molar-refractivity contribution in [3.8, 4) is 0 Å². The van der Waals surface area contributed by atoms with Crippen LogP contribution in [0.3, 0.4) is 0 Å². The van der Waals surface area contributed by atoms with Gasteiger partial charge in [-0.2, -0.15) is 0 Å². The van der Waals surface area contributed by atoms with E-state index in [1.165, 1.54) is 11.0 Å². The number of carbonyl (C=O) groups is 1. The molecule has 116 valence electrons. The number of nitro benzene ring substituents is 1. The fourth-order valence-corrected chi connectivity index (χ4v) is 1.99. The first kappa shape index (κ1) is 17.1. The molecule has 0 spiro atoms. The Bertz CT molecular complexity index is 478. The molecule has 0 aliphatic carbocycles. The third-order valence-corrected chi connectivity index (χ3v) is 3.03. The van der Waals surface area contributed by atoms with Crippen molar-refractivity contribution < 1.29 is 19.6 Å². The summed E-state index contributed by atoms with van der Waals surface area (Å²) >= 11 is 0. The van der Waals surface area contributed by atoms with E-state index in [4.69, 9.17) is 9.84 Å². The molecule has 0 fully saturated rings. The number of methoxy groups -OCH3 is 1. The Labute approximate surface area is 123 Å². The first-order chi connectivity index (χ1) is 10.1. The number of nitrogens with zero attached hydrogens (tertiary/aromatic N) is 2. The minimum absolute atomic E-state index is 0.0515. The van der Waals surface area contributed by atoms with Crippen molar-refractivity contribution in [2.75, 3.05) is 33.4 Å². The third kappa shape index (κ3) is 5.49. The van der Waals surface area contributed by atoms with Gasteiger partial charge in [0.1, 0.15) is 0 Å². The molecule has 0 saturated heterocycles. The lowest BCUT2D eigenvalue weighted by Crippen LogP contribution is -2.36. The molecule has 0 saturated carbocycles. The molecule has 0 heterocycles. The molecular weight excluding hydrogens is 276 g/mol. The van der Waals surface area contributed by atoms with E-state index in [-0.39, 0.29) is 31.2 Å². The zero-order valence-electron chi connectivity index (χ0n) is 12.0. The normalized spacial score (nSPS) is 10.4. The molecule has 1 rings (SSSR count). The van der Waals surface area contributed by atoms with Crippen molar-refractivity contribution >= 4 is 11.6 Å². The van der Waals surface area contributed by atoms with Gasteiger partial charge in [-0.1, -0.05) is 18.2 Å². The molecule has 1 amide bonds. The number of aliphatic hydroxyl groups is 1. The van der Waals surface area contributed by atoms with E-state index >= 15 is 0 Å². The van der Waals surface area contributed by atoms with Crippen molar-refractivity contribution in [3.05, 3.63) is 39.9 Å². The molecule has 0 unspecified atom stereocenters. The van der Waals surface area contributed by atoms with Gasteiger partial charge in [0.05, 0.1) is 18.0 Å². The van der Waals surface area contributed by atoms with Crippen molar-refractivity contribution in [1.29, 1.82) is 0 Å². The summed E-state index contributed by atoms with van der Waals surface area (Å²) in [4.78, 5) is 24.2. The van der Waals surface area contributed by atoms with Crippen molar-refractivity contribution in [2.45, 2.75) is 12.8 Å². The number of benzene rings is 1. The van der Waals surface area contributed by atoms with E-state index in [0.717, 1.165) is 0 Å². The third-order valence-electron chi connectivity index (χ3n) is 3.03. The molecule has 7 heteroatoms. The fourth-order valence-electron chi connectivity index (χ4n) is 1.99. The maximum atomic E-state index is 12.2. The van der Waals surface area contributed by atoms with Crippen molar-refractivity contribution in [1.82, 2.24) is 4.90 Å². The molecule has 1 aromatic rings.